The van der Waals surface area contributed by atoms with E-state index in [1.54, 1.807) is 23.1 Å². The Kier molecular flexibility index (Phi) is 14.0. The molecular weight excluding hydrogens is 727 g/mol. The first-order chi connectivity index (χ1) is 26.0. The van der Waals surface area contributed by atoms with Crippen molar-refractivity contribution in [2.45, 2.75) is 45.8 Å². The summed E-state index contributed by atoms with van der Waals surface area (Å²) in [5.74, 6) is -1.24. The van der Waals surface area contributed by atoms with Crippen LogP contribution in [-0.2, 0) is 29.8 Å². The Labute approximate surface area is 326 Å². The minimum atomic E-state index is -0.951. The van der Waals surface area contributed by atoms with Crippen LogP contribution < -0.4 is 14.2 Å². The summed E-state index contributed by atoms with van der Waals surface area (Å²) in [6.45, 7) is 10.8. The first kappa shape index (κ1) is 40.9. The van der Waals surface area contributed by atoms with E-state index in [4.69, 9.17) is 14.2 Å². The van der Waals surface area contributed by atoms with E-state index in [9.17, 15) is 18.0 Å². The average molecular weight is 772 g/mol. The summed E-state index contributed by atoms with van der Waals surface area (Å²) >= 11 is 0. The van der Waals surface area contributed by atoms with Gasteiger partial charge in [-0.15, -0.1) is 12.4 Å². The normalized spacial score (nSPS) is 13.4. The predicted molar refractivity (Wildman–Crippen MR) is 210 cm³/mol. The molecule has 1 aliphatic rings. The Hall–Kier alpha value is -5.32. The van der Waals surface area contributed by atoms with Crippen LogP contribution in [0.5, 0.6) is 23.1 Å². The minimum Gasteiger partial charge on any atom is -0.493 e. The van der Waals surface area contributed by atoms with Gasteiger partial charge in [0.15, 0.2) is 23.2 Å². The molecular formula is C44H45ClF3N3O4. The quantitative estimate of drug-likeness (QED) is 0.111. The molecule has 0 radical (unpaired) electrons. The van der Waals surface area contributed by atoms with E-state index in [1.807, 2.05) is 12.1 Å². The second kappa shape index (κ2) is 18.8. The molecule has 0 bridgehead atoms. The van der Waals surface area contributed by atoms with Gasteiger partial charge >= 0.3 is 0 Å². The molecule has 1 saturated heterocycles. The molecule has 1 amide bonds. The van der Waals surface area contributed by atoms with Crippen molar-refractivity contribution in [2.75, 3.05) is 32.8 Å². The Bertz CT molecular complexity index is 2050. The van der Waals surface area contributed by atoms with Gasteiger partial charge in [-0.2, -0.15) is 0 Å². The van der Waals surface area contributed by atoms with Gasteiger partial charge in [-0.05, 0) is 81.8 Å². The molecule has 2 heterocycles. The molecule has 0 aliphatic carbocycles. The number of piperazine rings is 1. The molecule has 7 nitrogen and oxygen atoms in total. The highest BCUT2D eigenvalue weighted by Gasteiger charge is 2.20. The van der Waals surface area contributed by atoms with Crippen LogP contribution in [0.2, 0.25) is 0 Å². The van der Waals surface area contributed by atoms with E-state index in [1.165, 1.54) is 53.2 Å². The standard InChI is InChI=1S/C44H44F3N3O4.ClH/c1-44(2,3)35-11-13-36(14-12-35)52-25-20-31-4-6-33(7-5-31)29-49-21-23-50(24-22-49)43(51)19-10-32-9-17-41(40(47)26-32)54-42-18-15-37(28-48-42)53-30-34-8-16-38(45)39(46)27-34;/h4-19,26-28H,20-25,29-30H2,1-3H3;1H. The predicted octanol–water partition coefficient (Wildman–Crippen LogP) is 9.57. The van der Waals surface area contributed by atoms with Crippen LogP contribution in [0.4, 0.5) is 13.2 Å². The molecule has 288 valence electrons. The summed E-state index contributed by atoms with van der Waals surface area (Å²) in [5.41, 5.74) is 4.84. The van der Waals surface area contributed by atoms with E-state index < -0.39 is 17.5 Å². The zero-order valence-electron chi connectivity index (χ0n) is 31.1. The second-order valence-electron chi connectivity index (χ2n) is 14.3. The zero-order valence-corrected chi connectivity index (χ0v) is 32.0. The summed E-state index contributed by atoms with van der Waals surface area (Å²) < 4.78 is 58.5. The van der Waals surface area contributed by atoms with Gasteiger partial charge in [-0.3, -0.25) is 9.69 Å². The third kappa shape index (κ3) is 11.8. The Morgan fingerprint density at radius 3 is 2.09 bits per heavy atom. The van der Waals surface area contributed by atoms with Crippen molar-refractivity contribution in [3.05, 3.63) is 155 Å². The van der Waals surface area contributed by atoms with Crippen molar-refractivity contribution in [2.24, 2.45) is 0 Å². The van der Waals surface area contributed by atoms with Crippen molar-refractivity contribution in [1.29, 1.82) is 0 Å². The fourth-order valence-corrected chi connectivity index (χ4v) is 5.93. The number of amides is 1. The number of hydrogen-bond acceptors (Lipinski definition) is 6. The SMILES string of the molecule is CC(C)(C)c1ccc(OCCc2ccc(CN3CCN(C(=O)C=Cc4ccc(Oc5ccc(OCc6ccc(F)c(F)c6)cn5)c(F)c4)CC3)cc2)cc1.Cl. The monoisotopic (exact) mass is 771 g/mol. The number of hydrogen-bond donors (Lipinski definition) is 0. The van der Waals surface area contributed by atoms with Crippen LogP contribution in [0.15, 0.2) is 109 Å². The molecule has 0 N–H and O–H groups in total. The number of carbonyl (C=O) groups excluding carboxylic acids is 1. The van der Waals surface area contributed by atoms with Gasteiger partial charge in [0.05, 0.1) is 12.8 Å². The third-order valence-electron chi connectivity index (χ3n) is 9.18. The van der Waals surface area contributed by atoms with Gasteiger partial charge in [-0.1, -0.05) is 69.3 Å². The van der Waals surface area contributed by atoms with Crippen molar-refractivity contribution in [1.82, 2.24) is 14.8 Å². The maximum atomic E-state index is 14.9. The van der Waals surface area contributed by atoms with Crippen LogP contribution in [0, 0.1) is 17.5 Å². The molecule has 4 aromatic carbocycles. The fourth-order valence-electron chi connectivity index (χ4n) is 5.93. The topological polar surface area (TPSA) is 64.1 Å². The van der Waals surface area contributed by atoms with Gasteiger partial charge in [0.25, 0.3) is 0 Å². The Morgan fingerprint density at radius 1 is 0.745 bits per heavy atom. The first-order valence-electron chi connectivity index (χ1n) is 18.0. The molecule has 55 heavy (non-hydrogen) atoms. The second-order valence-corrected chi connectivity index (χ2v) is 14.3. The third-order valence-corrected chi connectivity index (χ3v) is 9.18. The number of halogens is 4. The number of carbonyl (C=O) groups is 1. The lowest BCUT2D eigenvalue weighted by Gasteiger charge is -2.34. The van der Waals surface area contributed by atoms with Crippen molar-refractivity contribution in [3.8, 4) is 23.1 Å². The highest BCUT2D eigenvalue weighted by atomic mass is 35.5. The van der Waals surface area contributed by atoms with Gasteiger partial charge in [-0.25, -0.2) is 18.2 Å². The molecule has 0 spiro atoms. The van der Waals surface area contributed by atoms with Crippen molar-refractivity contribution >= 4 is 24.4 Å². The van der Waals surface area contributed by atoms with E-state index in [0.717, 1.165) is 43.9 Å². The summed E-state index contributed by atoms with van der Waals surface area (Å²) in [6, 6.07) is 28.0. The molecule has 1 aliphatic heterocycles. The number of ether oxygens (including phenoxy) is 3. The number of benzene rings is 4. The molecule has 11 heteroatoms. The van der Waals surface area contributed by atoms with Gasteiger partial charge in [0, 0.05) is 51.3 Å². The summed E-state index contributed by atoms with van der Waals surface area (Å²) in [5, 5.41) is 0. The number of nitrogens with zero attached hydrogens (tertiary/aromatic N) is 3. The highest BCUT2D eigenvalue weighted by Crippen LogP contribution is 2.27. The largest absolute Gasteiger partial charge is 0.493 e. The summed E-state index contributed by atoms with van der Waals surface area (Å²) in [7, 11) is 0. The van der Waals surface area contributed by atoms with Crippen LogP contribution in [-0.4, -0.2) is 53.5 Å². The lowest BCUT2D eigenvalue weighted by atomic mass is 9.87. The molecule has 0 atom stereocenters. The fraction of sp³-hybridized carbons (Fsp3) is 0.273. The van der Waals surface area contributed by atoms with E-state index in [-0.39, 0.29) is 42.0 Å². The molecule has 6 rings (SSSR count). The Balaban J connectivity index is 0.00000580. The van der Waals surface area contributed by atoms with Gasteiger partial charge in [0.2, 0.25) is 11.8 Å². The smallest absolute Gasteiger partial charge is 0.246 e. The van der Waals surface area contributed by atoms with Gasteiger partial charge < -0.3 is 19.1 Å². The zero-order chi connectivity index (χ0) is 38.1. The average Bonchev–Trinajstić information content (AvgIpc) is 3.17. The molecule has 5 aromatic rings. The molecule has 0 unspecified atom stereocenters. The van der Waals surface area contributed by atoms with Crippen LogP contribution in [0.3, 0.4) is 0 Å². The van der Waals surface area contributed by atoms with Crippen LogP contribution in [0.25, 0.3) is 6.08 Å². The number of rotatable bonds is 13. The first-order valence-corrected chi connectivity index (χ1v) is 18.0. The van der Waals surface area contributed by atoms with E-state index >= 15 is 0 Å². The summed E-state index contributed by atoms with van der Waals surface area (Å²) in [6.07, 6.45) is 5.28. The number of pyridine rings is 1. The maximum absolute atomic E-state index is 14.9. The molecule has 1 aromatic heterocycles. The van der Waals surface area contributed by atoms with Crippen molar-refractivity contribution < 1.29 is 32.2 Å². The van der Waals surface area contributed by atoms with Gasteiger partial charge in [0.1, 0.15) is 18.1 Å². The molecule has 0 saturated carbocycles. The lowest BCUT2D eigenvalue weighted by Crippen LogP contribution is -2.47. The van der Waals surface area contributed by atoms with E-state index in [2.05, 4.69) is 67.1 Å². The maximum Gasteiger partial charge on any atom is 0.246 e. The van der Waals surface area contributed by atoms with E-state index in [0.29, 0.717) is 36.6 Å². The van der Waals surface area contributed by atoms with Crippen molar-refractivity contribution in [3.63, 3.8) is 0 Å². The summed E-state index contributed by atoms with van der Waals surface area (Å²) in [4.78, 5) is 21.2. The van der Waals surface area contributed by atoms with Crippen LogP contribution in [0.1, 0.15) is 48.6 Å². The lowest BCUT2D eigenvalue weighted by molar-refractivity contribution is -0.127. The highest BCUT2D eigenvalue weighted by molar-refractivity contribution is 5.91. The van der Waals surface area contributed by atoms with Crippen LogP contribution >= 0.6 is 12.4 Å². The molecule has 1 fully saturated rings. The number of aromatic nitrogens is 1. The minimum absolute atomic E-state index is 0. The Morgan fingerprint density at radius 2 is 1.44 bits per heavy atom.